The monoisotopic (exact) mass is 1060 g/mol. The standard InChI is InChI=1S/C46H78N8O18.C2H6/c1-2-3-24-67-28-32-71-33-29-68-25-9-41(57)48-11-26-69-30-34-72-35-31-70-27-22-53(45(63)38-5-4-6-42(58)54(38)66)12-10-47-40(56)8-7-39(46(64)65)52-19-17-49(21-23-55)13-14-50(36-43(59)60)15-16-51(18-20-52)37-44(61)62;1-2/h4-6,23,39,66H,2-3,7-22,24-37H2,1H3,(H,47,56)(H,48,57)(H,59,60)(H,61,62)(H,64,65);1-2H3. The van der Waals surface area contributed by atoms with Crippen LogP contribution in [-0.4, -0.2) is 275 Å². The minimum atomic E-state index is -1.21. The molecule has 26 nitrogen and oxygen atoms in total. The Hall–Kier alpha value is -5.16. The van der Waals surface area contributed by atoms with Crippen LogP contribution in [0.15, 0.2) is 23.0 Å². The molecule has 1 aromatic heterocycles. The maximum atomic E-state index is 13.5. The van der Waals surface area contributed by atoms with Gasteiger partial charge in [0.25, 0.3) is 11.5 Å². The van der Waals surface area contributed by atoms with Crippen LogP contribution in [0.2, 0.25) is 0 Å². The zero-order chi connectivity index (χ0) is 54.8. The molecule has 1 atom stereocenters. The molecular formula is C48H84N8O18. The molecule has 1 unspecified atom stereocenters. The van der Waals surface area contributed by atoms with Crippen LogP contribution in [0.4, 0.5) is 0 Å². The number of rotatable bonds is 39. The quantitative estimate of drug-likeness (QED) is 0.0259. The van der Waals surface area contributed by atoms with Crippen molar-refractivity contribution < 1.29 is 82.5 Å². The second kappa shape index (κ2) is 43.1. The van der Waals surface area contributed by atoms with Gasteiger partial charge in [0.2, 0.25) is 11.8 Å². The number of aromatic nitrogens is 1. The number of amides is 3. The summed E-state index contributed by atoms with van der Waals surface area (Å²) in [4.78, 5) is 106. The normalized spacial score (nSPS) is 14.6. The molecule has 0 aliphatic carbocycles. The lowest BCUT2D eigenvalue weighted by Crippen LogP contribution is -2.51. The third kappa shape index (κ3) is 32.2. The van der Waals surface area contributed by atoms with Gasteiger partial charge in [0.1, 0.15) is 18.0 Å². The van der Waals surface area contributed by atoms with Crippen molar-refractivity contribution in [3.05, 3.63) is 34.2 Å². The third-order valence-corrected chi connectivity index (χ3v) is 11.1. The number of carbonyl (C=O) groups is 7. The maximum absolute atomic E-state index is 13.5. The SMILES string of the molecule is CC.CCCCOCCOCCOCCC(=O)NCCOCCOCCOCCN(CCNC(=O)CCC(C(=O)O)N1CCN(CC=O)CCN(CC(=O)O)CCN(CC(=O)O)CC1)C(=O)c1cccc(=O)n1O. The second-order valence-corrected chi connectivity index (χ2v) is 16.6. The average molecular weight is 1060 g/mol. The highest BCUT2D eigenvalue weighted by atomic mass is 16.5. The Kier molecular flexibility index (Phi) is 39.0. The van der Waals surface area contributed by atoms with Crippen molar-refractivity contribution in [1.82, 2.24) is 39.9 Å². The van der Waals surface area contributed by atoms with E-state index in [1.165, 1.54) is 17.0 Å². The number of hydrogen-bond acceptors (Lipinski definition) is 19. The molecule has 1 aromatic rings. The van der Waals surface area contributed by atoms with E-state index in [0.717, 1.165) is 25.5 Å². The van der Waals surface area contributed by atoms with Crippen molar-refractivity contribution in [3.63, 3.8) is 0 Å². The number of ether oxygens (including phenoxy) is 6. The van der Waals surface area contributed by atoms with Gasteiger partial charge in [-0.15, -0.1) is 4.73 Å². The lowest BCUT2D eigenvalue weighted by atomic mass is 10.1. The van der Waals surface area contributed by atoms with E-state index in [9.17, 15) is 58.9 Å². The van der Waals surface area contributed by atoms with Gasteiger partial charge in [0.05, 0.1) is 92.3 Å². The molecular weight excluding hydrogens is 977 g/mol. The van der Waals surface area contributed by atoms with Crippen LogP contribution in [0.5, 0.6) is 0 Å². The fraction of sp³-hybridized carbons (Fsp3) is 0.750. The molecule has 1 fully saturated rings. The molecule has 0 saturated carbocycles. The molecule has 0 aromatic carbocycles. The van der Waals surface area contributed by atoms with Gasteiger partial charge in [0.15, 0.2) is 0 Å². The lowest BCUT2D eigenvalue weighted by molar-refractivity contribution is -0.144. The number of carboxylic acid groups (broad SMARTS) is 3. The van der Waals surface area contributed by atoms with Gasteiger partial charge >= 0.3 is 17.9 Å². The Morgan fingerprint density at radius 3 is 1.68 bits per heavy atom. The van der Waals surface area contributed by atoms with Gasteiger partial charge in [-0.1, -0.05) is 33.3 Å². The topological polar surface area (TPSA) is 318 Å². The van der Waals surface area contributed by atoms with E-state index in [1.807, 2.05) is 13.8 Å². The van der Waals surface area contributed by atoms with Crippen LogP contribution in [-0.2, 0) is 57.2 Å². The predicted octanol–water partition coefficient (Wildman–Crippen LogP) is -1.10. The molecule has 3 amide bonds. The summed E-state index contributed by atoms with van der Waals surface area (Å²) in [7, 11) is 0. The zero-order valence-electron chi connectivity index (χ0n) is 43.7. The van der Waals surface area contributed by atoms with Gasteiger partial charge in [-0.25, -0.2) is 0 Å². The van der Waals surface area contributed by atoms with Gasteiger partial charge in [-0.05, 0) is 18.9 Å². The van der Waals surface area contributed by atoms with Crippen LogP contribution in [0.25, 0.3) is 0 Å². The fourth-order valence-corrected chi connectivity index (χ4v) is 7.14. The minimum Gasteiger partial charge on any atom is -0.480 e. The summed E-state index contributed by atoms with van der Waals surface area (Å²) in [5.74, 6) is -4.77. The molecule has 6 N–H and O–H groups in total. The summed E-state index contributed by atoms with van der Waals surface area (Å²) < 4.78 is 33.2. The van der Waals surface area contributed by atoms with Gasteiger partial charge in [-0.2, -0.15) is 0 Å². The molecule has 0 bridgehead atoms. The fourth-order valence-electron chi connectivity index (χ4n) is 7.14. The van der Waals surface area contributed by atoms with E-state index in [0.29, 0.717) is 45.8 Å². The average Bonchev–Trinajstić information content (AvgIpc) is 3.36. The molecule has 2 rings (SSSR count). The first kappa shape index (κ1) is 66.9. The number of aldehydes is 1. The summed E-state index contributed by atoms with van der Waals surface area (Å²) in [6.45, 7) is 11.3. The molecule has 1 saturated heterocycles. The van der Waals surface area contributed by atoms with Crippen LogP contribution in [0, 0.1) is 0 Å². The highest BCUT2D eigenvalue weighted by molar-refractivity contribution is 5.92. The van der Waals surface area contributed by atoms with E-state index >= 15 is 0 Å². The van der Waals surface area contributed by atoms with E-state index in [-0.39, 0.29) is 167 Å². The smallest absolute Gasteiger partial charge is 0.320 e. The van der Waals surface area contributed by atoms with Crippen molar-refractivity contribution >= 4 is 41.9 Å². The molecule has 0 spiro atoms. The largest absolute Gasteiger partial charge is 0.480 e. The first-order valence-corrected chi connectivity index (χ1v) is 25.5. The third-order valence-electron chi connectivity index (χ3n) is 11.1. The molecule has 2 heterocycles. The van der Waals surface area contributed by atoms with Gasteiger partial charge in [-0.3, -0.25) is 53.2 Å². The Labute approximate surface area is 434 Å². The van der Waals surface area contributed by atoms with Crippen LogP contribution < -0.4 is 16.2 Å². The minimum absolute atomic E-state index is 0.00406. The van der Waals surface area contributed by atoms with Crippen molar-refractivity contribution in [2.75, 3.05) is 177 Å². The maximum Gasteiger partial charge on any atom is 0.320 e. The number of carboxylic acids is 3. The van der Waals surface area contributed by atoms with Crippen LogP contribution in [0.1, 0.15) is 63.4 Å². The molecule has 26 heteroatoms. The van der Waals surface area contributed by atoms with E-state index in [2.05, 4.69) is 17.6 Å². The van der Waals surface area contributed by atoms with Crippen molar-refractivity contribution in [3.8, 4) is 0 Å². The highest BCUT2D eigenvalue weighted by Gasteiger charge is 2.29. The second-order valence-electron chi connectivity index (χ2n) is 16.6. The van der Waals surface area contributed by atoms with Crippen LogP contribution >= 0.6 is 0 Å². The molecule has 424 valence electrons. The number of carbonyl (C=O) groups excluding carboxylic acids is 4. The Morgan fingerprint density at radius 2 is 1.12 bits per heavy atom. The lowest BCUT2D eigenvalue weighted by Gasteiger charge is -2.35. The number of nitrogens with zero attached hydrogens (tertiary/aromatic N) is 6. The summed E-state index contributed by atoms with van der Waals surface area (Å²) in [6.07, 6.45) is 2.67. The van der Waals surface area contributed by atoms with E-state index in [1.54, 1.807) is 19.6 Å². The van der Waals surface area contributed by atoms with Crippen molar-refractivity contribution in [2.45, 2.75) is 58.9 Å². The number of hydrogen-bond donors (Lipinski definition) is 6. The zero-order valence-corrected chi connectivity index (χ0v) is 43.7. The van der Waals surface area contributed by atoms with Crippen molar-refractivity contribution in [1.29, 1.82) is 0 Å². The molecule has 74 heavy (non-hydrogen) atoms. The predicted molar refractivity (Wildman–Crippen MR) is 268 cm³/mol. The number of unbranched alkanes of at least 4 members (excludes halogenated alkanes) is 1. The molecule has 1 aliphatic heterocycles. The van der Waals surface area contributed by atoms with Crippen molar-refractivity contribution in [2.24, 2.45) is 0 Å². The summed E-state index contributed by atoms with van der Waals surface area (Å²) >= 11 is 0. The first-order chi connectivity index (χ1) is 35.7. The van der Waals surface area contributed by atoms with E-state index in [4.69, 9.17) is 28.4 Å². The summed E-state index contributed by atoms with van der Waals surface area (Å²) in [5.41, 5.74) is -1.14. The Bertz CT molecular complexity index is 1790. The Morgan fingerprint density at radius 1 is 0.635 bits per heavy atom. The Balaban J connectivity index is 0.0000135. The van der Waals surface area contributed by atoms with Gasteiger partial charge in [0, 0.05) is 104 Å². The number of nitrogens with one attached hydrogen (secondary N) is 2. The number of aliphatic carboxylic acids is 3. The summed E-state index contributed by atoms with van der Waals surface area (Å²) in [5, 5.41) is 45.0. The molecule has 1 aliphatic rings. The number of pyridine rings is 1. The van der Waals surface area contributed by atoms with Crippen LogP contribution in [0.3, 0.4) is 0 Å². The summed E-state index contributed by atoms with van der Waals surface area (Å²) in [6, 6.07) is 2.48. The highest BCUT2D eigenvalue weighted by Crippen LogP contribution is 2.11. The molecule has 0 radical (unpaired) electrons. The first-order valence-electron chi connectivity index (χ1n) is 25.5. The van der Waals surface area contributed by atoms with E-state index < -0.39 is 41.3 Å². The van der Waals surface area contributed by atoms with Gasteiger partial charge < -0.3 is 69.3 Å².